The Balaban J connectivity index is 1.03. The Morgan fingerprint density at radius 2 is 0.818 bits per heavy atom. The number of hydrogen-bond donors (Lipinski definition) is 0. The molecule has 55 heavy (non-hydrogen) atoms. The van der Waals surface area contributed by atoms with E-state index in [0.29, 0.717) is 0 Å². The smallest absolute Gasteiger partial charge is 0.0714 e. The maximum absolute atomic E-state index is 5.10. The van der Waals surface area contributed by atoms with Gasteiger partial charge in [-0.1, -0.05) is 91.9 Å². The molecule has 6 aromatic carbocycles. The van der Waals surface area contributed by atoms with E-state index in [2.05, 4.69) is 195 Å². The van der Waals surface area contributed by atoms with Gasteiger partial charge in [0, 0.05) is 55.4 Å². The Kier molecular flexibility index (Phi) is 7.74. The normalized spacial score (nSPS) is 11.7. The van der Waals surface area contributed by atoms with Gasteiger partial charge < -0.3 is 9.13 Å². The van der Waals surface area contributed by atoms with Gasteiger partial charge in [-0.3, -0.25) is 9.97 Å². The summed E-state index contributed by atoms with van der Waals surface area (Å²) in [6.45, 7) is 8.61. The highest BCUT2D eigenvalue weighted by atomic mass is 15.0. The fraction of sp³-hybridized carbons (Fsp3) is 0.0980. The fourth-order valence-corrected chi connectivity index (χ4v) is 8.68. The second-order valence-electron chi connectivity index (χ2n) is 14.7. The maximum Gasteiger partial charge on any atom is 0.0714 e. The molecule has 0 aliphatic carbocycles. The van der Waals surface area contributed by atoms with Crippen molar-refractivity contribution in [2.24, 2.45) is 0 Å². The predicted octanol–water partition coefficient (Wildman–Crippen LogP) is 13.2. The number of fused-ring (bicyclic) bond motifs is 6. The molecule has 0 saturated carbocycles. The number of benzene rings is 6. The molecule has 0 radical (unpaired) electrons. The molecule has 0 aliphatic rings. The quantitative estimate of drug-likeness (QED) is 0.172. The Morgan fingerprint density at radius 1 is 0.418 bits per heavy atom. The largest absolute Gasteiger partial charge is 0.309 e. The predicted molar refractivity (Wildman–Crippen MR) is 231 cm³/mol. The second-order valence-corrected chi connectivity index (χ2v) is 14.7. The van der Waals surface area contributed by atoms with Crippen LogP contribution in [-0.2, 0) is 6.42 Å². The van der Waals surface area contributed by atoms with Gasteiger partial charge in [0.1, 0.15) is 0 Å². The average Bonchev–Trinajstić information content (AvgIpc) is 3.73. The number of nitrogens with zero attached hydrogens (tertiary/aromatic N) is 4. The van der Waals surface area contributed by atoms with Crippen LogP contribution in [0.25, 0.3) is 88.6 Å². The molecule has 0 N–H and O–H groups in total. The van der Waals surface area contributed by atoms with E-state index in [9.17, 15) is 0 Å². The highest BCUT2D eigenvalue weighted by molar-refractivity contribution is 6.10. The van der Waals surface area contributed by atoms with Gasteiger partial charge in [-0.15, -0.1) is 0 Å². The van der Waals surface area contributed by atoms with Gasteiger partial charge in [0.25, 0.3) is 0 Å². The van der Waals surface area contributed by atoms with Crippen molar-refractivity contribution in [3.05, 3.63) is 180 Å². The van der Waals surface area contributed by atoms with Crippen molar-refractivity contribution < 1.29 is 0 Å². The maximum atomic E-state index is 5.10. The minimum absolute atomic E-state index is 0.896. The van der Waals surface area contributed by atoms with Gasteiger partial charge in [-0.2, -0.15) is 0 Å². The first kappa shape index (κ1) is 32.8. The fourth-order valence-electron chi connectivity index (χ4n) is 8.68. The topological polar surface area (TPSA) is 35.6 Å². The van der Waals surface area contributed by atoms with Crippen molar-refractivity contribution in [3.63, 3.8) is 0 Å². The van der Waals surface area contributed by atoms with Gasteiger partial charge in [0.15, 0.2) is 0 Å². The van der Waals surface area contributed by atoms with Gasteiger partial charge in [-0.05, 0) is 122 Å². The molecule has 0 saturated heterocycles. The van der Waals surface area contributed by atoms with E-state index in [1.165, 1.54) is 66.0 Å². The van der Waals surface area contributed by atoms with Crippen molar-refractivity contribution in [1.29, 1.82) is 0 Å². The van der Waals surface area contributed by atoms with Crippen LogP contribution in [0, 0.1) is 20.8 Å². The van der Waals surface area contributed by atoms with Crippen LogP contribution in [-0.4, -0.2) is 19.1 Å². The number of pyridine rings is 2. The molecule has 0 amide bonds. The molecule has 4 nitrogen and oxygen atoms in total. The molecular formula is C51H40N4. The van der Waals surface area contributed by atoms with E-state index in [4.69, 9.17) is 9.97 Å². The summed E-state index contributed by atoms with van der Waals surface area (Å²) in [5.74, 6) is 0. The van der Waals surface area contributed by atoms with Crippen LogP contribution in [0.2, 0.25) is 0 Å². The zero-order valence-corrected chi connectivity index (χ0v) is 31.5. The van der Waals surface area contributed by atoms with Crippen LogP contribution in [0.3, 0.4) is 0 Å². The molecule has 4 heterocycles. The molecule has 0 aliphatic heterocycles. The molecule has 0 atom stereocenters. The molecule has 10 rings (SSSR count). The highest BCUT2D eigenvalue weighted by Crippen LogP contribution is 2.37. The van der Waals surface area contributed by atoms with Crippen molar-refractivity contribution in [2.45, 2.75) is 34.1 Å². The van der Waals surface area contributed by atoms with Gasteiger partial charge >= 0.3 is 0 Å². The van der Waals surface area contributed by atoms with Crippen LogP contribution < -0.4 is 0 Å². The Morgan fingerprint density at radius 3 is 1.25 bits per heavy atom. The Labute approximate surface area is 321 Å². The van der Waals surface area contributed by atoms with Crippen molar-refractivity contribution in [2.75, 3.05) is 0 Å². The molecule has 0 fully saturated rings. The summed E-state index contributed by atoms with van der Waals surface area (Å²) in [5, 5.41) is 5.07. The first-order valence-corrected chi connectivity index (χ1v) is 19.1. The Bertz CT molecular complexity index is 3020. The van der Waals surface area contributed by atoms with E-state index in [0.717, 1.165) is 51.6 Å². The summed E-state index contributed by atoms with van der Waals surface area (Å²) < 4.78 is 4.76. The van der Waals surface area contributed by atoms with Gasteiger partial charge in [0.05, 0.1) is 33.5 Å². The zero-order chi connectivity index (χ0) is 37.2. The summed E-state index contributed by atoms with van der Waals surface area (Å²) in [6.07, 6.45) is 0.896. The number of aromatic nitrogens is 4. The summed E-state index contributed by atoms with van der Waals surface area (Å²) >= 11 is 0. The molecule has 0 bridgehead atoms. The van der Waals surface area contributed by atoms with Gasteiger partial charge in [0.2, 0.25) is 0 Å². The molecule has 4 aromatic heterocycles. The number of rotatable bonds is 6. The van der Waals surface area contributed by atoms with Crippen molar-refractivity contribution >= 4 is 43.6 Å². The minimum Gasteiger partial charge on any atom is -0.309 e. The molecule has 0 spiro atoms. The summed E-state index contributed by atoms with van der Waals surface area (Å²) in [5.41, 5.74) is 18.2. The Hall–Kier alpha value is -6.78. The third-order valence-corrected chi connectivity index (χ3v) is 11.1. The van der Waals surface area contributed by atoms with Crippen LogP contribution >= 0.6 is 0 Å². The van der Waals surface area contributed by atoms with Crippen LogP contribution in [0.4, 0.5) is 0 Å². The monoisotopic (exact) mass is 708 g/mol. The lowest BCUT2D eigenvalue weighted by molar-refractivity contribution is 1.10. The molecule has 264 valence electrons. The minimum atomic E-state index is 0.896. The first-order chi connectivity index (χ1) is 26.9. The van der Waals surface area contributed by atoms with E-state index < -0.39 is 0 Å². The van der Waals surface area contributed by atoms with E-state index in [-0.39, 0.29) is 0 Å². The summed E-state index contributed by atoms with van der Waals surface area (Å²) in [6, 6.07) is 57.2. The lowest BCUT2D eigenvalue weighted by Crippen LogP contribution is -1.99. The van der Waals surface area contributed by atoms with Crippen LogP contribution in [0.5, 0.6) is 0 Å². The number of para-hydroxylation sites is 4. The van der Waals surface area contributed by atoms with Crippen molar-refractivity contribution in [3.8, 4) is 45.0 Å². The molecule has 4 heteroatoms. The van der Waals surface area contributed by atoms with E-state index in [1.807, 2.05) is 0 Å². The lowest BCUT2D eigenvalue weighted by Gasteiger charge is -2.15. The van der Waals surface area contributed by atoms with E-state index >= 15 is 0 Å². The highest BCUT2D eigenvalue weighted by Gasteiger charge is 2.17. The summed E-state index contributed by atoms with van der Waals surface area (Å²) in [7, 11) is 0. The lowest BCUT2D eigenvalue weighted by atomic mass is 9.96. The van der Waals surface area contributed by atoms with Gasteiger partial charge in [-0.25, -0.2) is 0 Å². The molecular weight excluding hydrogens is 669 g/mol. The third-order valence-electron chi connectivity index (χ3n) is 11.1. The standard InChI is InChI=1S/C51H40N4/c1-5-35-29-39(55-50-20-12-8-16-44(50)45-17-9-13-21-51(45)55)23-25-41(35)47-31-37(28-34(4)53-47)36-27-33(3)52-46(30-36)40-24-22-38(26-32(40)2)54-48-18-10-6-14-42(48)43-15-7-11-19-49(43)54/h6-31H,5H2,1-4H3. The first-order valence-electron chi connectivity index (χ1n) is 19.1. The molecule has 10 aromatic rings. The SMILES string of the molecule is CCc1cc(-n2c3ccccc3c3ccccc32)ccc1-c1cc(-c2cc(C)nc(-c3ccc(-n4c5ccccc5c5ccccc54)cc3C)c2)cc(C)n1. The van der Waals surface area contributed by atoms with Crippen molar-refractivity contribution in [1.82, 2.24) is 19.1 Å². The summed E-state index contributed by atoms with van der Waals surface area (Å²) in [4.78, 5) is 10.2. The second kappa shape index (κ2) is 13.0. The average molecular weight is 709 g/mol. The third kappa shape index (κ3) is 5.44. The number of aryl methyl sites for hydroxylation is 4. The van der Waals surface area contributed by atoms with Crippen LogP contribution in [0.15, 0.2) is 158 Å². The zero-order valence-electron chi connectivity index (χ0n) is 31.5. The molecule has 0 unspecified atom stereocenters. The van der Waals surface area contributed by atoms with Crippen LogP contribution in [0.1, 0.15) is 29.4 Å². The number of hydrogen-bond acceptors (Lipinski definition) is 2. The van der Waals surface area contributed by atoms with E-state index in [1.54, 1.807) is 0 Å².